The van der Waals surface area contributed by atoms with Gasteiger partial charge in [0, 0.05) is 49.6 Å². The van der Waals surface area contributed by atoms with Crippen LogP contribution in [-0.4, -0.2) is 41.1 Å². The molecule has 0 radical (unpaired) electrons. The fourth-order valence-electron chi connectivity index (χ4n) is 4.03. The minimum Gasteiger partial charge on any atom is -0.353 e. The van der Waals surface area contributed by atoms with Gasteiger partial charge < -0.3 is 9.80 Å². The highest BCUT2D eigenvalue weighted by molar-refractivity contribution is 5.54. The Labute approximate surface area is 153 Å². The summed E-state index contributed by atoms with van der Waals surface area (Å²) < 4.78 is 0. The van der Waals surface area contributed by atoms with Crippen LogP contribution < -0.4 is 9.80 Å². The Morgan fingerprint density at radius 1 is 1.04 bits per heavy atom. The molecule has 6 nitrogen and oxygen atoms in total. The van der Waals surface area contributed by atoms with Crippen molar-refractivity contribution in [3.63, 3.8) is 0 Å². The number of aromatic nitrogens is 3. The zero-order valence-electron chi connectivity index (χ0n) is 14.9. The molecule has 132 valence electrons. The van der Waals surface area contributed by atoms with E-state index in [0.29, 0.717) is 11.5 Å². The molecule has 3 heterocycles. The van der Waals surface area contributed by atoms with E-state index in [4.69, 9.17) is 15.2 Å². The number of fused-ring (bicyclic) bond motifs is 1. The van der Waals surface area contributed by atoms with Gasteiger partial charge >= 0.3 is 0 Å². The Hall–Kier alpha value is -2.68. The standard InChI is InChI=1S/C20H22N6/c21-13-14-6-7-22-18(12-14)25-8-10-26(11-9-25)20-16-2-1-3-17(16)23-19(24-20)15-4-5-15/h6-7,12,15H,1-5,8-11H2. The fraction of sp³-hybridized carbons (Fsp3) is 0.500. The van der Waals surface area contributed by atoms with Crippen LogP contribution in [-0.2, 0) is 12.8 Å². The molecule has 2 fully saturated rings. The Morgan fingerprint density at radius 3 is 2.62 bits per heavy atom. The van der Waals surface area contributed by atoms with E-state index < -0.39 is 0 Å². The maximum Gasteiger partial charge on any atom is 0.135 e. The van der Waals surface area contributed by atoms with E-state index >= 15 is 0 Å². The van der Waals surface area contributed by atoms with Gasteiger partial charge in [-0.1, -0.05) is 0 Å². The normalized spacial score (nSPS) is 19.3. The number of aryl methyl sites for hydroxylation is 1. The van der Waals surface area contributed by atoms with Crippen LogP contribution in [0.1, 0.15) is 47.8 Å². The van der Waals surface area contributed by atoms with Crippen molar-refractivity contribution in [1.29, 1.82) is 5.26 Å². The Morgan fingerprint density at radius 2 is 1.85 bits per heavy atom. The molecular weight excluding hydrogens is 324 g/mol. The second-order valence-corrected chi connectivity index (χ2v) is 7.45. The number of rotatable bonds is 3. The van der Waals surface area contributed by atoms with Crippen molar-refractivity contribution in [2.24, 2.45) is 0 Å². The highest BCUT2D eigenvalue weighted by atomic mass is 15.3. The van der Waals surface area contributed by atoms with Gasteiger partial charge in [0.15, 0.2) is 0 Å². The zero-order valence-corrected chi connectivity index (χ0v) is 14.9. The van der Waals surface area contributed by atoms with Crippen LogP contribution in [0.5, 0.6) is 0 Å². The molecule has 3 aliphatic rings. The molecule has 2 aromatic rings. The molecular formula is C20H22N6. The monoisotopic (exact) mass is 346 g/mol. The number of hydrogen-bond acceptors (Lipinski definition) is 6. The molecule has 6 heteroatoms. The van der Waals surface area contributed by atoms with Crippen LogP contribution in [0.15, 0.2) is 18.3 Å². The van der Waals surface area contributed by atoms with Gasteiger partial charge in [-0.2, -0.15) is 5.26 Å². The average molecular weight is 346 g/mol. The molecule has 0 atom stereocenters. The third kappa shape index (κ3) is 2.78. The van der Waals surface area contributed by atoms with Crippen LogP contribution in [0.3, 0.4) is 0 Å². The number of hydrogen-bond donors (Lipinski definition) is 0. The maximum atomic E-state index is 9.10. The molecule has 2 aromatic heterocycles. The van der Waals surface area contributed by atoms with E-state index in [-0.39, 0.29) is 0 Å². The molecule has 1 saturated carbocycles. The van der Waals surface area contributed by atoms with Crippen molar-refractivity contribution in [1.82, 2.24) is 15.0 Å². The molecule has 0 unspecified atom stereocenters. The molecule has 0 N–H and O–H groups in total. The molecule has 0 bridgehead atoms. The van der Waals surface area contributed by atoms with Gasteiger partial charge in [0.1, 0.15) is 17.5 Å². The summed E-state index contributed by atoms with van der Waals surface area (Å²) in [5, 5.41) is 9.10. The highest BCUT2D eigenvalue weighted by Gasteiger charge is 2.31. The minimum absolute atomic E-state index is 0.596. The summed E-state index contributed by atoms with van der Waals surface area (Å²) in [4.78, 5) is 19.0. The zero-order chi connectivity index (χ0) is 17.5. The van der Waals surface area contributed by atoms with Crippen LogP contribution >= 0.6 is 0 Å². The van der Waals surface area contributed by atoms with Gasteiger partial charge in [-0.05, 0) is 44.2 Å². The molecule has 1 aliphatic heterocycles. The summed E-state index contributed by atoms with van der Waals surface area (Å²) in [6, 6.07) is 5.83. The summed E-state index contributed by atoms with van der Waals surface area (Å²) in [5.74, 6) is 3.76. The smallest absolute Gasteiger partial charge is 0.135 e. The third-order valence-electron chi connectivity index (χ3n) is 5.65. The van der Waals surface area contributed by atoms with Crippen LogP contribution in [0, 0.1) is 11.3 Å². The first-order valence-electron chi connectivity index (χ1n) is 9.57. The summed E-state index contributed by atoms with van der Waals surface area (Å²) in [7, 11) is 0. The SMILES string of the molecule is N#Cc1ccnc(N2CCN(c3nc(C4CC4)nc4c3CCC4)CC2)c1. The van der Waals surface area contributed by atoms with E-state index in [2.05, 4.69) is 20.9 Å². The molecule has 2 aliphatic carbocycles. The van der Waals surface area contributed by atoms with Crippen molar-refractivity contribution in [2.45, 2.75) is 38.0 Å². The van der Waals surface area contributed by atoms with E-state index in [1.54, 1.807) is 12.3 Å². The number of piperazine rings is 1. The van der Waals surface area contributed by atoms with Crippen molar-refractivity contribution >= 4 is 11.6 Å². The first kappa shape index (κ1) is 15.6. The molecule has 0 aromatic carbocycles. The lowest BCUT2D eigenvalue weighted by atomic mass is 10.2. The molecule has 5 rings (SSSR count). The van der Waals surface area contributed by atoms with Gasteiger partial charge in [0.2, 0.25) is 0 Å². The van der Waals surface area contributed by atoms with Crippen LogP contribution in [0.4, 0.5) is 11.6 Å². The summed E-state index contributed by atoms with van der Waals surface area (Å²) in [5.41, 5.74) is 3.34. The van der Waals surface area contributed by atoms with Gasteiger partial charge in [0.05, 0.1) is 11.6 Å². The first-order chi connectivity index (χ1) is 12.8. The lowest BCUT2D eigenvalue weighted by Crippen LogP contribution is -2.47. The first-order valence-corrected chi connectivity index (χ1v) is 9.57. The fourth-order valence-corrected chi connectivity index (χ4v) is 4.03. The number of pyridine rings is 1. The van der Waals surface area contributed by atoms with Crippen molar-refractivity contribution in [3.8, 4) is 6.07 Å². The lowest BCUT2D eigenvalue weighted by Gasteiger charge is -2.37. The van der Waals surface area contributed by atoms with Gasteiger partial charge in [-0.25, -0.2) is 15.0 Å². The Balaban J connectivity index is 1.36. The third-order valence-corrected chi connectivity index (χ3v) is 5.65. The Kier molecular flexibility index (Phi) is 3.74. The quantitative estimate of drug-likeness (QED) is 0.850. The summed E-state index contributed by atoms with van der Waals surface area (Å²) in [6.07, 6.45) is 7.63. The van der Waals surface area contributed by atoms with E-state index in [1.807, 2.05) is 6.07 Å². The second kappa shape index (κ2) is 6.24. The van der Waals surface area contributed by atoms with Crippen molar-refractivity contribution in [3.05, 3.63) is 41.0 Å². The Bertz CT molecular complexity index is 874. The highest BCUT2D eigenvalue weighted by Crippen LogP contribution is 2.40. The van der Waals surface area contributed by atoms with Gasteiger partial charge in [0.25, 0.3) is 0 Å². The van der Waals surface area contributed by atoms with Crippen molar-refractivity contribution in [2.75, 3.05) is 36.0 Å². The predicted octanol–water partition coefficient (Wildman–Crippen LogP) is 2.44. The average Bonchev–Trinajstić information content (AvgIpc) is 3.45. The van der Waals surface area contributed by atoms with E-state index in [9.17, 15) is 0 Å². The van der Waals surface area contributed by atoms with Gasteiger partial charge in [-0.3, -0.25) is 0 Å². The molecule has 1 saturated heterocycles. The number of nitrogens with zero attached hydrogens (tertiary/aromatic N) is 6. The largest absolute Gasteiger partial charge is 0.353 e. The summed E-state index contributed by atoms with van der Waals surface area (Å²) in [6.45, 7) is 3.68. The molecule has 0 amide bonds. The summed E-state index contributed by atoms with van der Waals surface area (Å²) >= 11 is 0. The molecule has 0 spiro atoms. The maximum absolute atomic E-state index is 9.10. The topological polar surface area (TPSA) is 68.9 Å². The van der Waals surface area contributed by atoms with Crippen molar-refractivity contribution < 1.29 is 0 Å². The minimum atomic E-state index is 0.596. The molecule has 26 heavy (non-hydrogen) atoms. The number of nitriles is 1. The lowest BCUT2D eigenvalue weighted by molar-refractivity contribution is 0.636. The van der Waals surface area contributed by atoms with Crippen LogP contribution in [0.25, 0.3) is 0 Å². The van der Waals surface area contributed by atoms with Crippen LogP contribution in [0.2, 0.25) is 0 Å². The van der Waals surface area contributed by atoms with Gasteiger partial charge in [-0.15, -0.1) is 0 Å². The second-order valence-electron chi connectivity index (χ2n) is 7.45. The predicted molar refractivity (Wildman–Crippen MR) is 99.4 cm³/mol. The van der Waals surface area contributed by atoms with E-state index in [0.717, 1.165) is 50.7 Å². The van der Waals surface area contributed by atoms with E-state index in [1.165, 1.54) is 36.3 Å². The number of anilines is 2.